The summed E-state index contributed by atoms with van der Waals surface area (Å²) in [4.78, 5) is 22.4. The smallest absolute Gasteiger partial charge is 0.310 e. The lowest BCUT2D eigenvalue weighted by molar-refractivity contribution is -0.142. The Labute approximate surface area is 135 Å². The summed E-state index contributed by atoms with van der Waals surface area (Å²) in [7, 11) is -2.49. The molecule has 0 aromatic heterocycles. The van der Waals surface area contributed by atoms with Crippen LogP contribution in [-0.4, -0.2) is 50.0 Å². The van der Waals surface area contributed by atoms with E-state index in [1.807, 2.05) is 0 Å². The molecule has 0 fully saturated rings. The molecule has 0 aliphatic rings. The first-order chi connectivity index (χ1) is 10.7. The quantitative estimate of drug-likeness (QED) is 0.710. The minimum atomic E-state index is -3.82. The molecule has 0 bridgehead atoms. The molecular formula is C15H21NO6S. The second-order valence-corrected chi connectivity index (χ2v) is 7.20. The van der Waals surface area contributed by atoms with Crippen molar-refractivity contribution in [3.05, 3.63) is 29.8 Å². The van der Waals surface area contributed by atoms with Gasteiger partial charge in [-0.05, 0) is 24.6 Å². The van der Waals surface area contributed by atoms with Crippen LogP contribution in [-0.2, 0) is 30.8 Å². The van der Waals surface area contributed by atoms with Gasteiger partial charge in [0.1, 0.15) is 0 Å². The van der Waals surface area contributed by atoms with E-state index in [1.54, 1.807) is 13.0 Å². The van der Waals surface area contributed by atoms with Gasteiger partial charge in [0.2, 0.25) is 10.0 Å². The first-order valence-electron chi connectivity index (χ1n) is 7.12. The van der Waals surface area contributed by atoms with Crippen LogP contribution in [0, 0.1) is 5.92 Å². The zero-order valence-electron chi connectivity index (χ0n) is 13.4. The van der Waals surface area contributed by atoms with Crippen molar-refractivity contribution in [3.8, 4) is 0 Å². The van der Waals surface area contributed by atoms with E-state index in [0.29, 0.717) is 5.56 Å². The standard InChI is InChI=1S/C15H21NO6S/c1-4-22-14(17)9-12-6-5-7-13(8-12)23(20,21)16(3)10-11(2)15(18)19/h5-8,11H,4,9-10H2,1-3H3,(H,18,19). The molecule has 7 nitrogen and oxygen atoms in total. The molecule has 1 aromatic carbocycles. The summed E-state index contributed by atoms with van der Waals surface area (Å²) >= 11 is 0. The zero-order valence-corrected chi connectivity index (χ0v) is 14.2. The van der Waals surface area contributed by atoms with Gasteiger partial charge in [0, 0.05) is 13.6 Å². The van der Waals surface area contributed by atoms with Gasteiger partial charge >= 0.3 is 11.9 Å². The van der Waals surface area contributed by atoms with Crippen molar-refractivity contribution in [1.29, 1.82) is 0 Å². The second-order valence-electron chi connectivity index (χ2n) is 5.15. The van der Waals surface area contributed by atoms with Gasteiger partial charge in [-0.1, -0.05) is 19.1 Å². The van der Waals surface area contributed by atoms with E-state index >= 15 is 0 Å². The Hall–Kier alpha value is -1.93. The minimum Gasteiger partial charge on any atom is -0.481 e. The average Bonchev–Trinajstić information content (AvgIpc) is 2.47. The van der Waals surface area contributed by atoms with Gasteiger partial charge < -0.3 is 9.84 Å². The molecule has 8 heteroatoms. The summed E-state index contributed by atoms with van der Waals surface area (Å²) in [5.41, 5.74) is 0.518. The van der Waals surface area contributed by atoms with E-state index in [0.717, 1.165) is 4.31 Å². The maximum absolute atomic E-state index is 12.5. The van der Waals surface area contributed by atoms with Gasteiger partial charge in [-0.15, -0.1) is 0 Å². The Morgan fingerprint density at radius 1 is 1.35 bits per heavy atom. The molecule has 1 unspecified atom stereocenters. The van der Waals surface area contributed by atoms with Crippen LogP contribution in [0.5, 0.6) is 0 Å². The Balaban J connectivity index is 2.96. The zero-order chi connectivity index (χ0) is 17.6. The fourth-order valence-electron chi connectivity index (χ4n) is 1.94. The van der Waals surface area contributed by atoms with Crippen molar-refractivity contribution in [2.75, 3.05) is 20.2 Å². The Bertz CT molecular complexity index is 670. The summed E-state index contributed by atoms with van der Waals surface area (Å²) in [5, 5.41) is 8.89. The van der Waals surface area contributed by atoms with Gasteiger partial charge in [0.15, 0.2) is 0 Å². The summed E-state index contributed by atoms with van der Waals surface area (Å²) in [6.45, 7) is 3.25. The number of aliphatic carboxylic acids is 1. The monoisotopic (exact) mass is 343 g/mol. The Kier molecular flexibility index (Phi) is 6.71. The Morgan fingerprint density at radius 2 is 2.00 bits per heavy atom. The van der Waals surface area contributed by atoms with Gasteiger partial charge in [0.05, 0.1) is 23.8 Å². The highest BCUT2D eigenvalue weighted by atomic mass is 32.2. The predicted octanol–water partition coefficient (Wildman–Crippen LogP) is 1.13. The molecule has 0 saturated carbocycles. The number of carboxylic acids is 1. The number of carboxylic acid groups (broad SMARTS) is 1. The van der Waals surface area contributed by atoms with Crippen molar-refractivity contribution in [2.24, 2.45) is 5.92 Å². The van der Waals surface area contributed by atoms with E-state index < -0.39 is 27.9 Å². The molecule has 1 aromatic rings. The second kappa shape index (κ2) is 8.07. The number of carbonyl (C=O) groups is 2. The largest absolute Gasteiger partial charge is 0.481 e. The van der Waals surface area contributed by atoms with Crippen LogP contribution in [0.25, 0.3) is 0 Å². The first-order valence-corrected chi connectivity index (χ1v) is 8.56. The van der Waals surface area contributed by atoms with Crippen LogP contribution in [0.15, 0.2) is 29.2 Å². The van der Waals surface area contributed by atoms with Crippen LogP contribution < -0.4 is 0 Å². The van der Waals surface area contributed by atoms with Crippen LogP contribution in [0.3, 0.4) is 0 Å². The fourth-order valence-corrected chi connectivity index (χ4v) is 3.27. The van der Waals surface area contributed by atoms with Crippen molar-refractivity contribution in [3.63, 3.8) is 0 Å². The highest BCUT2D eigenvalue weighted by Crippen LogP contribution is 2.17. The average molecular weight is 343 g/mol. The number of esters is 1. The molecule has 23 heavy (non-hydrogen) atoms. The van der Waals surface area contributed by atoms with Gasteiger partial charge in [0.25, 0.3) is 0 Å². The predicted molar refractivity (Wildman–Crippen MR) is 83.4 cm³/mol. The molecule has 1 atom stereocenters. The van der Waals surface area contributed by atoms with Gasteiger partial charge in [-0.25, -0.2) is 12.7 Å². The summed E-state index contributed by atoms with van der Waals surface area (Å²) < 4.78 is 30.8. The molecule has 0 aliphatic heterocycles. The van der Waals surface area contributed by atoms with E-state index in [1.165, 1.54) is 32.2 Å². The third-order valence-electron chi connectivity index (χ3n) is 3.21. The minimum absolute atomic E-state index is 0.0133. The highest BCUT2D eigenvalue weighted by molar-refractivity contribution is 7.89. The Morgan fingerprint density at radius 3 is 2.57 bits per heavy atom. The third kappa shape index (κ3) is 5.33. The number of ether oxygens (including phenoxy) is 1. The number of benzene rings is 1. The lowest BCUT2D eigenvalue weighted by Gasteiger charge is -2.19. The maximum atomic E-state index is 12.5. The van der Waals surface area contributed by atoms with Crippen molar-refractivity contribution < 1.29 is 27.9 Å². The van der Waals surface area contributed by atoms with E-state index in [4.69, 9.17) is 9.84 Å². The normalized spacial score (nSPS) is 12.9. The SMILES string of the molecule is CCOC(=O)Cc1cccc(S(=O)(=O)N(C)CC(C)C(=O)O)c1. The molecule has 0 aliphatic carbocycles. The first kappa shape index (κ1) is 19.1. The molecule has 128 valence electrons. The van der Waals surface area contributed by atoms with Crippen LogP contribution in [0.2, 0.25) is 0 Å². The van der Waals surface area contributed by atoms with Crippen molar-refractivity contribution >= 4 is 22.0 Å². The lowest BCUT2D eigenvalue weighted by Crippen LogP contribution is -2.33. The number of nitrogens with zero attached hydrogens (tertiary/aromatic N) is 1. The number of hydrogen-bond donors (Lipinski definition) is 1. The molecular weight excluding hydrogens is 322 g/mol. The van der Waals surface area contributed by atoms with Crippen LogP contribution >= 0.6 is 0 Å². The van der Waals surface area contributed by atoms with E-state index in [2.05, 4.69) is 0 Å². The molecule has 1 N–H and O–H groups in total. The molecule has 0 heterocycles. The van der Waals surface area contributed by atoms with E-state index in [9.17, 15) is 18.0 Å². The van der Waals surface area contributed by atoms with Crippen LogP contribution in [0.1, 0.15) is 19.4 Å². The third-order valence-corrected chi connectivity index (χ3v) is 5.03. The van der Waals surface area contributed by atoms with E-state index in [-0.39, 0.29) is 24.5 Å². The topological polar surface area (TPSA) is 101 Å². The maximum Gasteiger partial charge on any atom is 0.310 e. The fraction of sp³-hybridized carbons (Fsp3) is 0.467. The molecule has 0 amide bonds. The van der Waals surface area contributed by atoms with Crippen molar-refractivity contribution in [1.82, 2.24) is 4.31 Å². The molecule has 0 radical (unpaired) electrons. The van der Waals surface area contributed by atoms with Gasteiger partial charge in [-0.3, -0.25) is 9.59 Å². The number of rotatable bonds is 8. The highest BCUT2D eigenvalue weighted by Gasteiger charge is 2.25. The summed E-state index contributed by atoms with van der Waals surface area (Å²) in [5.74, 6) is -2.32. The molecule has 0 saturated heterocycles. The number of sulfonamides is 1. The molecule has 0 spiro atoms. The lowest BCUT2D eigenvalue weighted by atomic mass is 10.1. The summed E-state index contributed by atoms with van der Waals surface area (Å²) in [6.07, 6.45) is -0.0214. The van der Waals surface area contributed by atoms with Gasteiger partial charge in [-0.2, -0.15) is 0 Å². The van der Waals surface area contributed by atoms with Crippen molar-refractivity contribution in [2.45, 2.75) is 25.2 Å². The summed E-state index contributed by atoms with van der Waals surface area (Å²) in [6, 6.07) is 5.98. The number of hydrogen-bond acceptors (Lipinski definition) is 5. The number of carbonyl (C=O) groups excluding carboxylic acids is 1. The van der Waals surface area contributed by atoms with Crippen LogP contribution in [0.4, 0.5) is 0 Å². The molecule has 1 rings (SSSR count).